The number of para-hydroxylation sites is 1. The van der Waals surface area contributed by atoms with Gasteiger partial charge in [0, 0.05) is 31.5 Å². The van der Waals surface area contributed by atoms with E-state index in [1.165, 1.54) is 4.68 Å². The molecule has 31 heavy (non-hydrogen) atoms. The SMILES string of the molecule is COCCCNC(=O)c1ccc(Nc2cn(-c3c(Cl)cccc3Cl)nc2C(N)=O)cc1. The molecule has 3 aromatic rings. The summed E-state index contributed by atoms with van der Waals surface area (Å²) in [6.45, 7) is 1.11. The fourth-order valence-corrected chi connectivity index (χ4v) is 3.42. The number of anilines is 2. The van der Waals surface area contributed by atoms with Gasteiger partial charge in [0.1, 0.15) is 5.69 Å². The molecule has 10 heteroatoms. The zero-order valence-corrected chi connectivity index (χ0v) is 18.2. The van der Waals surface area contributed by atoms with E-state index in [2.05, 4.69) is 15.7 Å². The maximum Gasteiger partial charge on any atom is 0.271 e. The van der Waals surface area contributed by atoms with E-state index in [9.17, 15) is 9.59 Å². The molecule has 0 saturated carbocycles. The normalized spacial score (nSPS) is 10.7. The number of nitrogens with two attached hydrogens (primary N) is 1. The van der Waals surface area contributed by atoms with Crippen LogP contribution in [0.3, 0.4) is 0 Å². The molecule has 0 aliphatic carbocycles. The average Bonchev–Trinajstić information content (AvgIpc) is 3.15. The number of amides is 2. The Labute approximate surface area is 189 Å². The Morgan fingerprint density at radius 1 is 1.13 bits per heavy atom. The number of benzene rings is 2. The number of halogens is 2. The van der Waals surface area contributed by atoms with Crippen molar-refractivity contribution in [2.75, 3.05) is 25.6 Å². The third-order valence-corrected chi connectivity index (χ3v) is 4.96. The number of nitrogens with zero attached hydrogens (tertiary/aromatic N) is 2. The molecule has 0 unspecified atom stereocenters. The molecule has 1 aromatic heterocycles. The zero-order valence-electron chi connectivity index (χ0n) is 16.7. The van der Waals surface area contributed by atoms with Gasteiger partial charge in [-0.3, -0.25) is 9.59 Å². The number of hydrogen-bond acceptors (Lipinski definition) is 5. The first kappa shape index (κ1) is 22.6. The quantitative estimate of drug-likeness (QED) is 0.419. The topological polar surface area (TPSA) is 111 Å². The van der Waals surface area contributed by atoms with Gasteiger partial charge in [0.2, 0.25) is 0 Å². The van der Waals surface area contributed by atoms with Gasteiger partial charge >= 0.3 is 0 Å². The second kappa shape index (κ2) is 10.3. The van der Waals surface area contributed by atoms with Gasteiger partial charge in [0.15, 0.2) is 5.69 Å². The van der Waals surface area contributed by atoms with Crippen molar-refractivity contribution < 1.29 is 14.3 Å². The van der Waals surface area contributed by atoms with E-state index in [-0.39, 0.29) is 11.6 Å². The molecular weight excluding hydrogens is 441 g/mol. The number of ether oxygens (including phenoxy) is 1. The Hall–Kier alpha value is -3.07. The van der Waals surface area contributed by atoms with Crippen molar-refractivity contribution in [2.45, 2.75) is 6.42 Å². The second-order valence-corrected chi connectivity index (χ2v) is 7.39. The smallest absolute Gasteiger partial charge is 0.271 e. The summed E-state index contributed by atoms with van der Waals surface area (Å²) in [5, 5.41) is 10.9. The van der Waals surface area contributed by atoms with Gasteiger partial charge in [-0.1, -0.05) is 29.3 Å². The van der Waals surface area contributed by atoms with E-state index >= 15 is 0 Å². The van der Waals surface area contributed by atoms with Gasteiger partial charge in [0.25, 0.3) is 11.8 Å². The lowest BCUT2D eigenvalue weighted by Gasteiger charge is -2.08. The number of hydrogen-bond donors (Lipinski definition) is 3. The fourth-order valence-electron chi connectivity index (χ4n) is 2.85. The molecule has 162 valence electrons. The number of nitrogens with one attached hydrogen (secondary N) is 2. The van der Waals surface area contributed by atoms with E-state index in [1.807, 2.05) is 0 Å². The second-order valence-electron chi connectivity index (χ2n) is 6.58. The zero-order chi connectivity index (χ0) is 22.4. The maximum atomic E-state index is 12.2. The Morgan fingerprint density at radius 3 is 2.42 bits per heavy atom. The van der Waals surface area contributed by atoms with Gasteiger partial charge in [-0.2, -0.15) is 5.10 Å². The van der Waals surface area contributed by atoms with E-state index in [0.717, 1.165) is 6.42 Å². The van der Waals surface area contributed by atoms with Crippen LogP contribution in [0.2, 0.25) is 10.0 Å². The van der Waals surface area contributed by atoms with Crippen LogP contribution in [0, 0.1) is 0 Å². The van der Waals surface area contributed by atoms with Crippen LogP contribution in [-0.4, -0.2) is 41.9 Å². The van der Waals surface area contributed by atoms with E-state index in [0.29, 0.717) is 45.8 Å². The van der Waals surface area contributed by atoms with Crippen molar-refractivity contribution in [1.82, 2.24) is 15.1 Å². The fraction of sp³-hybridized carbons (Fsp3) is 0.190. The minimum atomic E-state index is -0.712. The lowest BCUT2D eigenvalue weighted by molar-refractivity contribution is 0.0947. The Balaban J connectivity index is 1.79. The maximum absolute atomic E-state index is 12.2. The molecule has 0 spiro atoms. The Bertz CT molecular complexity index is 1060. The number of carbonyl (C=O) groups is 2. The molecule has 2 aromatic carbocycles. The average molecular weight is 462 g/mol. The van der Waals surface area contributed by atoms with Crippen LogP contribution in [0.4, 0.5) is 11.4 Å². The number of primary amides is 1. The van der Waals surface area contributed by atoms with Gasteiger partial charge < -0.3 is 21.1 Å². The highest BCUT2D eigenvalue weighted by Gasteiger charge is 2.18. The third-order valence-electron chi connectivity index (χ3n) is 4.35. The Kier molecular flexibility index (Phi) is 7.51. The van der Waals surface area contributed by atoms with E-state index in [1.54, 1.807) is 55.8 Å². The molecule has 0 aliphatic heterocycles. The van der Waals surface area contributed by atoms with Gasteiger partial charge in [-0.25, -0.2) is 4.68 Å². The molecule has 1 heterocycles. The largest absolute Gasteiger partial charge is 0.385 e. The molecule has 4 N–H and O–H groups in total. The van der Waals surface area contributed by atoms with Crippen molar-refractivity contribution in [3.05, 3.63) is 70.0 Å². The summed E-state index contributed by atoms with van der Waals surface area (Å²) in [7, 11) is 1.62. The molecule has 0 bridgehead atoms. The highest BCUT2D eigenvalue weighted by atomic mass is 35.5. The molecule has 0 radical (unpaired) electrons. The van der Waals surface area contributed by atoms with Crippen LogP contribution in [0.15, 0.2) is 48.7 Å². The van der Waals surface area contributed by atoms with Crippen LogP contribution in [0.25, 0.3) is 5.69 Å². The lowest BCUT2D eigenvalue weighted by atomic mass is 10.2. The molecular formula is C21H21Cl2N5O3. The minimum Gasteiger partial charge on any atom is -0.385 e. The van der Waals surface area contributed by atoms with Crippen molar-refractivity contribution in [3.8, 4) is 5.69 Å². The summed E-state index contributed by atoms with van der Waals surface area (Å²) in [5.74, 6) is -0.891. The molecule has 0 atom stereocenters. The van der Waals surface area contributed by atoms with E-state index < -0.39 is 5.91 Å². The number of rotatable bonds is 9. The molecule has 0 fully saturated rings. The summed E-state index contributed by atoms with van der Waals surface area (Å²) in [4.78, 5) is 24.1. The first-order chi connectivity index (χ1) is 14.9. The van der Waals surface area contributed by atoms with Gasteiger partial charge in [-0.15, -0.1) is 0 Å². The standard InChI is InChI=1S/C21H21Cl2N5O3/c1-31-11-3-10-25-21(30)13-6-8-14(9-7-13)26-17-12-28(27-18(17)20(24)29)19-15(22)4-2-5-16(19)23/h2,4-9,12,26H,3,10-11H2,1H3,(H2,24,29)(H,25,30). The highest BCUT2D eigenvalue weighted by molar-refractivity contribution is 6.37. The summed E-state index contributed by atoms with van der Waals surface area (Å²) < 4.78 is 6.35. The lowest BCUT2D eigenvalue weighted by Crippen LogP contribution is -2.25. The van der Waals surface area contributed by atoms with Crippen molar-refractivity contribution in [3.63, 3.8) is 0 Å². The van der Waals surface area contributed by atoms with E-state index in [4.69, 9.17) is 33.7 Å². The van der Waals surface area contributed by atoms with Crippen LogP contribution < -0.4 is 16.4 Å². The summed E-state index contributed by atoms with van der Waals surface area (Å²) in [6.07, 6.45) is 2.31. The van der Waals surface area contributed by atoms with Crippen LogP contribution in [-0.2, 0) is 4.74 Å². The van der Waals surface area contributed by atoms with Crippen LogP contribution in [0.1, 0.15) is 27.3 Å². The number of methoxy groups -OCH3 is 1. The molecule has 3 rings (SSSR count). The van der Waals surface area contributed by atoms with Crippen molar-refractivity contribution in [2.24, 2.45) is 5.73 Å². The molecule has 0 saturated heterocycles. The Morgan fingerprint density at radius 2 is 1.81 bits per heavy atom. The van der Waals surface area contributed by atoms with Crippen LogP contribution >= 0.6 is 23.2 Å². The molecule has 8 nitrogen and oxygen atoms in total. The monoisotopic (exact) mass is 461 g/mol. The first-order valence-corrected chi connectivity index (χ1v) is 10.1. The predicted molar refractivity (Wildman–Crippen MR) is 121 cm³/mol. The molecule has 0 aliphatic rings. The molecule has 2 amide bonds. The van der Waals surface area contributed by atoms with Crippen LogP contribution in [0.5, 0.6) is 0 Å². The summed E-state index contributed by atoms with van der Waals surface area (Å²) in [5.41, 5.74) is 7.47. The highest BCUT2D eigenvalue weighted by Crippen LogP contribution is 2.30. The minimum absolute atomic E-state index is 0.0240. The predicted octanol–water partition coefficient (Wildman–Crippen LogP) is 3.79. The number of aromatic nitrogens is 2. The number of carbonyl (C=O) groups excluding carboxylic acids is 2. The third kappa shape index (κ3) is 5.55. The van der Waals surface area contributed by atoms with Crippen molar-refractivity contribution in [1.29, 1.82) is 0 Å². The van der Waals surface area contributed by atoms with Crippen molar-refractivity contribution >= 4 is 46.4 Å². The summed E-state index contributed by atoms with van der Waals surface area (Å²) in [6, 6.07) is 11.8. The summed E-state index contributed by atoms with van der Waals surface area (Å²) >= 11 is 12.5. The van der Waals surface area contributed by atoms with Gasteiger partial charge in [-0.05, 0) is 42.8 Å². The first-order valence-electron chi connectivity index (χ1n) is 9.38. The van der Waals surface area contributed by atoms with Gasteiger partial charge in [0.05, 0.1) is 21.9 Å².